The van der Waals surface area contributed by atoms with Crippen molar-refractivity contribution < 1.29 is 19.0 Å². The van der Waals surface area contributed by atoms with E-state index in [2.05, 4.69) is 12.2 Å². The number of rotatable bonds is 9. The number of primary amides is 1. The smallest absolute Gasteiger partial charge is 0.255 e. The van der Waals surface area contributed by atoms with Crippen molar-refractivity contribution in [3.63, 3.8) is 0 Å². The van der Waals surface area contributed by atoms with Gasteiger partial charge in [0.25, 0.3) is 5.91 Å². The largest absolute Gasteiger partial charge is 0.497 e. The molecule has 0 saturated heterocycles. The summed E-state index contributed by atoms with van der Waals surface area (Å²) in [4.78, 5) is 10.8. The first-order valence-corrected chi connectivity index (χ1v) is 7.99. The second-order valence-electron chi connectivity index (χ2n) is 5.61. The Bertz CT molecular complexity index is 718. The van der Waals surface area contributed by atoms with Crippen LogP contribution in [0.3, 0.4) is 0 Å². The molecule has 6 nitrogen and oxygen atoms in total. The highest BCUT2D eigenvalue weighted by Crippen LogP contribution is 2.29. The number of methoxy groups -OCH3 is 2. The van der Waals surface area contributed by atoms with Crippen molar-refractivity contribution in [1.82, 2.24) is 5.32 Å². The van der Waals surface area contributed by atoms with Gasteiger partial charge >= 0.3 is 0 Å². The molecule has 6 heteroatoms. The van der Waals surface area contributed by atoms with Crippen molar-refractivity contribution >= 4 is 5.91 Å². The molecule has 0 heterocycles. The molecule has 0 aliphatic carbocycles. The Balaban J connectivity index is 2.03. The minimum atomic E-state index is -0.498. The third-order valence-corrected chi connectivity index (χ3v) is 3.80. The lowest BCUT2D eigenvalue weighted by Gasteiger charge is -2.18. The van der Waals surface area contributed by atoms with Gasteiger partial charge in [0.2, 0.25) is 0 Å². The highest BCUT2D eigenvalue weighted by Gasteiger charge is 2.12. The van der Waals surface area contributed by atoms with E-state index in [1.807, 2.05) is 36.4 Å². The Morgan fingerprint density at radius 2 is 1.92 bits per heavy atom. The normalized spacial score (nSPS) is 11.6. The molecule has 0 aliphatic rings. The van der Waals surface area contributed by atoms with E-state index in [0.717, 1.165) is 22.6 Å². The van der Waals surface area contributed by atoms with E-state index >= 15 is 0 Å². The number of carbonyl (C=O) groups is 1. The molecule has 0 fully saturated rings. The van der Waals surface area contributed by atoms with Crippen LogP contribution in [-0.2, 0) is 11.3 Å². The fraction of sp³-hybridized carbons (Fsp3) is 0.316. The molecular weight excluding hydrogens is 320 g/mol. The van der Waals surface area contributed by atoms with Crippen molar-refractivity contribution in [3.8, 4) is 17.2 Å². The van der Waals surface area contributed by atoms with Gasteiger partial charge in [-0.1, -0.05) is 12.1 Å². The van der Waals surface area contributed by atoms with Crippen LogP contribution in [-0.4, -0.2) is 26.7 Å². The number of hydrogen-bond donors (Lipinski definition) is 2. The summed E-state index contributed by atoms with van der Waals surface area (Å²) >= 11 is 0. The van der Waals surface area contributed by atoms with Crippen molar-refractivity contribution in [2.24, 2.45) is 5.73 Å². The van der Waals surface area contributed by atoms with Gasteiger partial charge in [-0.05, 0) is 42.8 Å². The summed E-state index contributed by atoms with van der Waals surface area (Å²) in [5.41, 5.74) is 7.15. The van der Waals surface area contributed by atoms with Crippen molar-refractivity contribution in [1.29, 1.82) is 0 Å². The summed E-state index contributed by atoms with van der Waals surface area (Å²) in [5.74, 6) is 1.71. The summed E-state index contributed by atoms with van der Waals surface area (Å²) in [6.45, 7) is 2.56. The Morgan fingerprint density at radius 1 is 1.12 bits per heavy atom. The maximum absolute atomic E-state index is 10.8. The van der Waals surface area contributed by atoms with Gasteiger partial charge in [0.1, 0.15) is 17.2 Å². The van der Waals surface area contributed by atoms with Crippen LogP contribution in [0, 0.1) is 0 Å². The summed E-state index contributed by atoms with van der Waals surface area (Å²) in [7, 11) is 3.29. The fourth-order valence-electron chi connectivity index (χ4n) is 2.46. The Labute approximate surface area is 147 Å². The third-order valence-electron chi connectivity index (χ3n) is 3.80. The van der Waals surface area contributed by atoms with Gasteiger partial charge in [0.05, 0.1) is 14.2 Å². The SMILES string of the molecule is COc1ccc(OC)c(C(C)NCc2cccc(OCC(N)=O)c2)c1. The highest BCUT2D eigenvalue weighted by molar-refractivity contribution is 5.75. The maximum atomic E-state index is 10.8. The number of ether oxygens (including phenoxy) is 3. The molecule has 0 aromatic heterocycles. The first-order valence-electron chi connectivity index (χ1n) is 7.99. The predicted octanol–water partition coefficient (Wildman–Crippen LogP) is 2.42. The van der Waals surface area contributed by atoms with Gasteiger partial charge in [-0.3, -0.25) is 4.79 Å². The summed E-state index contributed by atoms with van der Waals surface area (Å²) < 4.78 is 16.1. The van der Waals surface area contributed by atoms with Crippen LogP contribution in [0.4, 0.5) is 0 Å². The first-order chi connectivity index (χ1) is 12.0. The predicted molar refractivity (Wildman–Crippen MR) is 95.9 cm³/mol. The monoisotopic (exact) mass is 344 g/mol. The van der Waals surface area contributed by atoms with Crippen LogP contribution < -0.4 is 25.3 Å². The number of amides is 1. The van der Waals surface area contributed by atoms with E-state index in [1.165, 1.54) is 0 Å². The molecule has 1 atom stereocenters. The molecule has 2 rings (SSSR count). The molecule has 0 aliphatic heterocycles. The van der Waals surface area contributed by atoms with Gasteiger partial charge in [-0.25, -0.2) is 0 Å². The molecule has 0 bridgehead atoms. The highest BCUT2D eigenvalue weighted by atomic mass is 16.5. The average molecular weight is 344 g/mol. The van der Waals surface area contributed by atoms with Crippen LogP contribution in [0.25, 0.3) is 0 Å². The number of nitrogens with two attached hydrogens (primary N) is 1. The summed E-state index contributed by atoms with van der Waals surface area (Å²) in [6.07, 6.45) is 0. The average Bonchev–Trinajstić information content (AvgIpc) is 2.64. The summed E-state index contributed by atoms with van der Waals surface area (Å²) in [5, 5.41) is 3.45. The molecule has 2 aromatic rings. The Morgan fingerprint density at radius 3 is 2.60 bits per heavy atom. The van der Waals surface area contributed by atoms with Gasteiger partial charge < -0.3 is 25.3 Å². The van der Waals surface area contributed by atoms with Crippen LogP contribution in [0.5, 0.6) is 17.2 Å². The second-order valence-corrected chi connectivity index (χ2v) is 5.61. The number of hydrogen-bond acceptors (Lipinski definition) is 5. The maximum Gasteiger partial charge on any atom is 0.255 e. The molecule has 3 N–H and O–H groups in total. The van der Waals surface area contributed by atoms with Crippen molar-refractivity contribution in [2.45, 2.75) is 19.5 Å². The first kappa shape index (κ1) is 18.6. The van der Waals surface area contributed by atoms with E-state index in [4.69, 9.17) is 19.9 Å². The van der Waals surface area contributed by atoms with E-state index < -0.39 is 5.91 Å². The number of nitrogens with one attached hydrogen (secondary N) is 1. The topological polar surface area (TPSA) is 82.8 Å². The minimum absolute atomic E-state index is 0.0558. The lowest BCUT2D eigenvalue weighted by molar-refractivity contribution is -0.119. The van der Waals surface area contributed by atoms with E-state index in [9.17, 15) is 4.79 Å². The van der Waals surface area contributed by atoms with Crippen LogP contribution in [0.1, 0.15) is 24.1 Å². The fourth-order valence-corrected chi connectivity index (χ4v) is 2.46. The zero-order chi connectivity index (χ0) is 18.2. The molecule has 0 spiro atoms. The molecular formula is C19H24N2O4. The third kappa shape index (κ3) is 5.39. The quantitative estimate of drug-likeness (QED) is 0.730. The zero-order valence-corrected chi connectivity index (χ0v) is 14.7. The van der Waals surface area contributed by atoms with Crippen molar-refractivity contribution in [2.75, 3.05) is 20.8 Å². The van der Waals surface area contributed by atoms with E-state index in [1.54, 1.807) is 20.3 Å². The lowest BCUT2D eigenvalue weighted by Crippen LogP contribution is -2.20. The number of carbonyl (C=O) groups excluding carboxylic acids is 1. The van der Waals surface area contributed by atoms with Gasteiger partial charge in [0, 0.05) is 18.2 Å². The minimum Gasteiger partial charge on any atom is -0.497 e. The van der Waals surface area contributed by atoms with Crippen LogP contribution in [0.2, 0.25) is 0 Å². The standard InChI is InChI=1S/C19H24N2O4/c1-13(17-10-15(23-2)7-8-18(17)24-3)21-11-14-5-4-6-16(9-14)25-12-19(20)22/h4-10,13,21H,11-12H2,1-3H3,(H2,20,22). The van der Waals surface area contributed by atoms with E-state index in [0.29, 0.717) is 12.3 Å². The number of benzene rings is 2. The zero-order valence-electron chi connectivity index (χ0n) is 14.7. The molecule has 1 unspecified atom stereocenters. The van der Waals surface area contributed by atoms with Crippen LogP contribution in [0.15, 0.2) is 42.5 Å². The van der Waals surface area contributed by atoms with Gasteiger partial charge in [0.15, 0.2) is 6.61 Å². The second kappa shape index (κ2) is 8.94. The molecule has 25 heavy (non-hydrogen) atoms. The van der Waals surface area contributed by atoms with Crippen LogP contribution >= 0.6 is 0 Å². The molecule has 0 saturated carbocycles. The molecule has 0 radical (unpaired) electrons. The Hall–Kier alpha value is -2.73. The van der Waals surface area contributed by atoms with E-state index in [-0.39, 0.29) is 12.6 Å². The lowest BCUT2D eigenvalue weighted by atomic mass is 10.1. The summed E-state index contributed by atoms with van der Waals surface area (Å²) in [6, 6.07) is 13.3. The Kier molecular flexibility index (Phi) is 6.65. The van der Waals surface area contributed by atoms with Gasteiger partial charge in [-0.2, -0.15) is 0 Å². The molecule has 2 aromatic carbocycles. The molecule has 1 amide bonds. The van der Waals surface area contributed by atoms with Crippen molar-refractivity contribution in [3.05, 3.63) is 53.6 Å². The molecule has 134 valence electrons. The van der Waals surface area contributed by atoms with Gasteiger partial charge in [-0.15, -0.1) is 0 Å².